The van der Waals surface area contributed by atoms with Gasteiger partial charge in [-0.05, 0) is 76.3 Å². The fourth-order valence-corrected chi connectivity index (χ4v) is 8.61. The Kier molecular flexibility index (Phi) is 6.94. The molecule has 0 saturated heterocycles. The summed E-state index contributed by atoms with van der Waals surface area (Å²) in [5.74, 6) is 1.85. The maximum Gasteiger partial charge on any atom is 0.238 e. The Hall–Kier alpha value is -6.76. The van der Waals surface area contributed by atoms with Crippen LogP contribution < -0.4 is 0 Å². The Labute approximate surface area is 315 Å². The number of hydrogen-bond acceptors (Lipinski definition) is 4. The van der Waals surface area contributed by atoms with Crippen LogP contribution in [0.1, 0.15) is 0 Å². The number of fused-ring (bicyclic) bond motifs is 8. The molecular formula is C48H31N5S. The maximum absolute atomic E-state index is 5.36. The smallest absolute Gasteiger partial charge is 0.238 e. The molecule has 3 aromatic heterocycles. The van der Waals surface area contributed by atoms with Crippen LogP contribution in [0.25, 0.3) is 99.6 Å². The lowest BCUT2D eigenvalue weighted by molar-refractivity contribution is 0.955. The van der Waals surface area contributed by atoms with Crippen molar-refractivity contribution in [1.29, 1.82) is 0 Å². The normalized spacial score (nSPS) is 11.9. The number of benzene rings is 8. The van der Waals surface area contributed by atoms with Gasteiger partial charge in [0.15, 0.2) is 11.6 Å². The molecule has 3 heterocycles. The van der Waals surface area contributed by atoms with Crippen LogP contribution in [-0.4, -0.2) is 30.3 Å². The van der Waals surface area contributed by atoms with Gasteiger partial charge in [-0.3, -0.25) is 4.57 Å². The fraction of sp³-hybridized carbons (Fsp3) is 0.0208. The first kappa shape index (κ1) is 30.8. The molecule has 6 heteroatoms. The predicted octanol–water partition coefficient (Wildman–Crippen LogP) is 12.4. The Morgan fingerprint density at radius 3 is 1.44 bits per heavy atom. The lowest BCUT2D eigenvalue weighted by Gasteiger charge is -2.13. The minimum absolute atomic E-state index is 0.577. The van der Waals surface area contributed by atoms with E-state index in [1.165, 1.54) is 21.2 Å². The zero-order chi connectivity index (χ0) is 35.8. The molecule has 5 nitrogen and oxygen atoms in total. The molecule has 0 fully saturated rings. The van der Waals surface area contributed by atoms with Crippen LogP contribution in [0.15, 0.2) is 175 Å². The van der Waals surface area contributed by atoms with Gasteiger partial charge in [0.1, 0.15) is 0 Å². The highest BCUT2D eigenvalue weighted by molar-refractivity contribution is 7.98. The molecular weight excluding hydrogens is 679 g/mol. The van der Waals surface area contributed by atoms with Gasteiger partial charge in [-0.1, -0.05) is 121 Å². The monoisotopic (exact) mass is 709 g/mol. The van der Waals surface area contributed by atoms with Crippen LogP contribution in [-0.2, 0) is 0 Å². The second kappa shape index (κ2) is 12.2. The second-order valence-electron chi connectivity index (χ2n) is 13.6. The number of thioether (sulfide) groups is 1. The lowest BCUT2D eigenvalue weighted by atomic mass is 10.0. The zero-order valence-electron chi connectivity index (χ0n) is 29.3. The van der Waals surface area contributed by atoms with E-state index in [1.807, 2.05) is 0 Å². The number of para-hydroxylation sites is 2. The Balaban J connectivity index is 1.26. The minimum atomic E-state index is 0.577. The van der Waals surface area contributed by atoms with Crippen molar-refractivity contribution in [2.75, 3.05) is 6.26 Å². The fourth-order valence-electron chi connectivity index (χ4n) is 8.20. The summed E-state index contributed by atoms with van der Waals surface area (Å²) in [6.45, 7) is 0. The summed E-state index contributed by atoms with van der Waals surface area (Å²) >= 11 is 1.75. The Morgan fingerprint density at radius 1 is 0.389 bits per heavy atom. The summed E-state index contributed by atoms with van der Waals surface area (Å²) in [4.78, 5) is 17.2. The van der Waals surface area contributed by atoms with Crippen molar-refractivity contribution in [3.63, 3.8) is 0 Å². The summed E-state index contributed by atoms with van der Waals surface area (Å²) in [6, 6.07) is 60.3. The molecule has 0 radical (unpaired) electrons. The van der Waals surface area contributed by atoms with Crippen molar-refractivity contribution in [3.8, 4) is 34.4 Å². The molecule has 0 aliphatic rings. The third-order valence-electron chi connectivity index (χ3n) is 10.7. The van der Waals surface area contributed by atoms with Gasteiger partial charge in [0, 0.05) is 43.3 Å². The van der Waals surface area contributed by atoms with E-state index in [0.717, 1.165) is 65.7 Å². The van der Waals surface area contributed by atoms with E-state index in [4.69, 9.17) is 15.0 Å². The van der Waals surface area contributed by atoms with E-state index in [1.54, 1.807) is 11.8 Å². The van der Waals surface area contributed by atoms with Crippen molar-refractivity contribution in [3.05, 3.63) is 170 Å². The molecule has 0 amide bonds. The van der Waals surface area contributed by atoms with Gasteiger partial charge in [-0.2, -0.15) is 9.97 Å². The number of hydrogen-bond donors (Lipinski definition) is 0. The van der Waals surface area contributed by atoms with E-state index in [-0.39, 0.29) is 0 Å². The molecule has 0 N–H and O–H groups in total. The predicted molar refractivity (Wildman–Crippen MR) is 226 cm³/mol. The molecule has 254 valence electrons. The van der Waals surface area contributed by atoms with E-state index < -0.39 is 0 Å². The van der Waals surface area contributed by atoms with Crippen LogP contribution >= 0.6 is 11.8 Å². The molecule has 11 aromatic rings. The van der Waals surface area contributed by atoms with Crippen LogP contribution in [0.4, 0.5) is 0 Å². The maximum atomic E-state index is 5.36. The van der Waals surface area contributed by atoms with Crippen molar-refractivity contribution in [1.82, 2.24) is 24.1 Å². The SMILES string of the molecule is CSc1ccc(-n2c3ccccc3c3cc4c5ccccc5n(-c5nc(-c6cccc7ccccc67)nc(-c6cccc7ccccc67)n5)c4cc32)cc1. The zero-order valence-corrected chi connectivity index (χ0v) is 30.1. The molecule has 54 heavy (non-hydrogen) atoms. The van der Waals surface area contributed by atoms with E-state index >= 15 is 0 Å². The standard InChI is InChI=1S/C48H31N5S/c1-54-33-26-24-32(25-27-33)52-42-22-8-6-18-36(42)40-28-41-37-19-7-9-23-43(37)53(45(41)29-44(40)52)48-50-46(38-20-10-14-30-12-2-4-16-34(30)38)49-47(51-48)39-21-11-15-31-13-3-5-17-35(31)39/h2-29H,1H3. The summed E-state index contributed by atoms with van der Waals surface area (Å²) in [5, 5.41) is 9.20. The van der Waals surface area contributed by atoms with Crippen LogP contribution in [0.2, 0.25) is 0 Å². The first-order chi connectivity index (χ1) is 26.7. The van der Waals surface area contributed by atoms with Gasteiger partial charge in [-0.15, -0.1) is 11.8 Å². The molecule has 11 rings (SSSR count). The molecule has 0 aliphatic carbocycles. The molecule has 0 bridgehead atoms. The summed E-state index contributed by atoms with van der Waals surface area (Å²) in [7, 11) is 0. The quantitative estimate of drug-likeness (QED) is 0.167. The van der Waals surface area contributed by atoms with E-state index in [0.29, 0.717) is 17.6 Å². The molecule has 0 unspecified atom stereocenters. The molecule has 0 aliphatic heterocycles. The number of nitrogens with zero attached hydrogens (tertiary/aromatic N) is 5. The minimum Gasteiger partial charge on any atom is -0.309 e. The average Bonchev–Trinajstić information content (AvgIpc) is 3.74. The Bertz CT molecular complexity index is 3160. The highest BCUT2D eigenvalue weighted by Gasteiger charge is 2.22. The van der Waals surface area contributed by atoms with Crippen molar-refractivity contribution in [2.45, 2.75) is 4.90 Å². The van der Waals surface area contributed by atoms with E-state index in [2.05, 4.69) is 185 Å². The molecule has 0 atom stereocenters. The Morgan fingerprint density at radius 2 is 0.870 bits per heavy atom. The summed E-state index contributed by atoms with van der Waals surface area (Å²) in [6.07, 6.45) is 2.11. The molecule has 0 saturated carbocycles. The van der Waals surface area contributed by atoms with Crippen LogP contribution in [0, 0.1) is 0 Å². The van der Waals surface area contributed by atoms with E-state index in [9.17, 15) is 0 Å². The van der Waals surface area contributed by atoms with Crippen LogP contribution in [0.3, 0.4) is 0 Å². The lowest BCUT2D eigenvalue weighted by Crippen LogP contribution is -2.07. The summed E-state index contributed by atoms with van der Waals surface area (Å²) in [5.41, 5.74) is 7.43. The second-order valence-corrected chi connectivity index (χ2v) is 14.5. The average molecular weight is 710 g/mol. The number of rotatable bonds is 5. The van der Waals surface area contributed by atoms with Gasteiger partial charge < -0.3 is 4.57 Å². The highest BCUT2D eigenvalue weighted by atomic mass is 32.2. The van der Waals surface area contributed by atoms with Crippen molar-refractivity contribution in [2.24, 2.45) is 0 Å². The van der Waals surface area contributed by atoms with Gasteiger partial charge >= 0.3 is 0 Å². The van der Waals surface area contributed by atoms with Gasteiger partial charge in [0.05, 0.1) is 22.1 Å². The first-order valence-corrected chi connectivity index (χ1v) is 19.3. The van der Waals surface area contributed by atoms with Crippen molar-refractivity contribution >= 4 is 76.9 Å². The topological polar surface area (TPSA) is 48.5 Å². The molecule has 0 spiro atoms. The van der Waals surface area contributed by atoms with Crippen LogP contribution in [0.5, 0.6) is 0 Å². The van der Waals surface area contributed by atoms with Gasteiger partial charge in [-0.25, -0.2) is 4.98 Å². The van der Waals surface area contributed by atoms with Crippen molar-refractivity contribution < 1.29 is 0 Å². The third kappa shape index (κ3) is 4.70. The highest BCUT2D eigenvalue weighted by Crippen LogP contribution is 2.40. The summed E-state index contributed by atoms with van der Waals surface area (Å²) < 4.78 is 4.61. The first-order valence-electron chi connectivity index (χ1n) is 18.1. The molecule has 8 aromatic carbocycles. The van der Waals surface area contributed by atoms with Gasteiger partial charge in [0.2, 0.25) is 5.95 Å². The van der Waals surface area contributed by atoms with Gasteiger partial charge in [0.25, 0.3) is 0 Å². The number of aromatic nitrogens is 5. The third-order valence-corrected chi connectivity index (χ3v) is 11.4. The largest absolute Gasteiger partial charge is 0.309 e.